The topological polar surface area (TPSA) is 69.7 Å². The fourth-order valence-corrected chi connectivity index (χ4v) is 5.85. The number of amides is 3. The molecule has 220 valence electrons. The van der Waals surface area contributed by atoms with Crippen LogP contribution in [-0.4, -0.2) is 28.8 Å². The van der Waals surface area contributed by atoms with Crippen molar-refractivity contribution >= 4 is 34.8 Å². The van der Waals surface area contributed by atoms with E-state index < -0.39 is 11.1 Å². The van der Waals surface area contributed by atoms with Gasteiger partial charge in [0.1, 0.15) is 0 Å². The molecule has 0 heterocycles. The third kappa shape index (κ3) is 8.81. The first kappa shape index (κ1) is 32.8. The summed E-state index contributed by atoms with van der Waals surface area (Å²) in [6.45, 7) is 23.0. The molecule has 1 aliphatic rings. The molecular weight excluding hydrogens is 486 g/mol. The molecule has 6 nitrogen and oxygen atoms in total. The zero-order chi connectivity index (χ0) is 29.8. The van der Waals surface area contributed by atoms with E-state index >= 15 is 0 Å². The average molecular weight is 542 g/mol. The Balaban J connectivity index is 2.55. The van der Waals surface area contributed by atoms with Gasteiger partial charge in [-0.1, -0.05) is 34.6 Å². The number of hydrogen-bond acceptors (Lipinski definition) is 3. The molecule has 0 aliphatic heterocycles. The molecule has 0 unspecified atom stereocenters. The highest BCUT2D eigenvalue weighted by molar-refractivity contribution is 6.01. The van der Waals surface area contributed by atoms with Crippen molar-refractivity contribution in [2.45, 2.75) is 139 Å². The number of benzene rings is 1. The van der Waals surface area contributed by atoms with Crippen LogP contribution in [0.2, 0.25) is 0 Å². The van der Waals surface area contributed by atoms with Crippen molar-refractivity contribution in [3.8, 4) is 0 Å². The Morgan fingerprint density at radius 3 is 1.46 bits per heavy atom. The predicted octanol–water partition coefficient (Wildman–Crippen LogP) is 8.34. The van der Waals surface area contributed by atoms with E-state index in [1.54, 1.807) is 0 Å². The highest BCUT2D eigenvalue weighted by Gasteiger charge is 2.34. The third-order valence-electron chi connectivity index (χ3n) is 7.78. The van der Waals surface area contributed by atoms with Gasteiger partial charge < -0.3 is 15.1 Å². The fraction of sp³-hybridized carbons (Fsp3) is 0.727. The van der Waals surface area contributed by atoms with Crippen molar-refractivity contribution in [1.29, 1.82) is 0 Å². The minimum absolute atomic E-state index is 0.0230. The Hall–Kier alpha value is -2.37. The maximum Gasteiger partial charge on any atom is 0.227 e. The highest BCUT2D eigenvalue weighted by Crippen LogP contribution is 2.41. The average Bonchev–Trinajstić information content (AvgIpc) is 2.77. The number of hydrogen-bond donors (Lipinski definition) is 1. The first-order valence-electron chi connectivity index (χ1n) is 15.0. The Bertz CT molecular complexity index is 948. The maximum absolute atomic E-state index is 13.5. The van der Waals surface area contributed by atoms with Crippen molar-refractivity contribution in [2.24, 2.45) is 17.3 Å². The van der Waals surface area contributed by atoms with E-state index in [0.29, 0.717) is 35.8 Å². The molecule has 1 fully saturated rings. The molecule has 0 saturated heterocycles. The summed E-state index contributed by atoms with van der Waals surface area (Å²) in [6.07, 6.45) is 6.22. The molecule has 1 aromatic rings. The lowest BCUT2D eigenvalue weighted by atomic mass is 9.69. The SMILES string of the molecule is CCCC(=O)N(c1cc(NC(=O)[C@H]2CC[C@@H](C(C)(C)C)CC2)cc(N(C(=O)CCC)C(C)(C)C)c1)C(C)(C)C. The van der Waals surface area contributed by atoms with Crippen molar-refractivity contribution in [3.63, 3.8) is 0 Å². The number of carbonyl (C=O) groups excluding carboxylic acids is 3. The molecule has 3 amide bonds. The van der Waals surface area contributed by atoms with Crippen LogP contribution in [0.4, 0.5) is 17.1 Å². The summed E-state index contributed by atoms with van der Waals surface area (Å²) in [4.78, 5) is 43.8. The molecular formula is C33H55N3O3. The number of nitrogens with one attached hydrogen (secondary N) is 1. The summed E-state index contributed by atoms with van der Waals surface area (Å²) in [5.74, 6) is 0.682. The lowest BCUT2D eigenvalue weighted by molar-refractivity contribution is -0.121. The van der Waals surface area contributed by atoms with E-state index in [9.17, 15) is 14.4 Å². The second-order valence-corrected chi connectivity index (χ2v) is 14.4. The minimum atomic E-state index is -0.475. The van der Waals surface area contributed by atoms with Crippen LogP contribution < -0.4 is 15.1 Å². The largest absolute Gasteiger partial charge is 0.326 e. The van der Waals surface area contributed by atoms with Gasteiger partial charge in [-0.15, -0.1) is 0 Å². The normalized spacial score (nSPS) is 18.4. The summed E-state index contributed by atoms with van der Waals surface area (Å²) in [5, 5.41) is 3.19. The van der Waals surface area contributed by atoms with E-state index in [1.165, 1.54) is 0 Å². The van der Waals surface area contributed by atoms with Gasteiger partial charge in [0.05, 0.1) is 0 Å². The van der Waals surface area contributed by atoms with Crippen molar-refractivity contribution in [1.82, 2.24) is 0 Å². The van der Waals surface area contributed by atoms with Crippen LogP contribution in [0.5, 0.6) is 0 Å². The van der Waals surface area contributed by atoms with Crippen LogP contribution in [0.3, 0.4) is 0 Å². The zero-order valence-corrected chi connectivity index (χ0v) is 26.7. The van der Waals surface area contributed by atoms with E-state index in [-0.39, 0.29) is 29.1 Å². The highest BCUT2D eigenvalue weighted by atomic mass is 16.2. The van der Waals surface area contributed by atoms with Crippen LogP contribution in [-0.2, 0) is 14.4 Å². The molecule has 0 bridgehead atoms. The molecule has 6 heteroatoms. The summed E-state index contributed by atoms with van der Waals surface area (Å²) >= 11 is 0. The van der Waals surface area contributed by atoms with Gasteiger partial charge in [-0.3, -0.25) is 14.4 Å². The van der Waals surface area contributed by atoms with Gasteiger partial charge in [0.25, 0.3) is 0 Å². The Morgan fingerprint density at radius 1 is 0.718 bits per heavy atom. The summed E-state index contributed by atoms with van der Waals surface area (Å²) in [7, 11) is 0. The number of anilines is 3. The van der Waals surface area contributed by atoms with Crippen LogP contribution in [0.1, 0.15) is 128 Å². The molecule has 1 saturated carbocycles. The van der Waals surface area contributed by atoms with Gasteiger partial charge in [0.2, 0.25) is 17.7 Å². The number of rotatable bonds is 8. The Labute approximate surface area is 238 Å². The molecule has 0 spiro atoms. The van der Waals surface area contributed by atoms with Crippen LogP contribution in [0.25, 0.3) is 0 Å². The van der Waals surface area contributed by atoms with Gasteiger partial charge in [-0.2, -0.15) is 0 Å². The van der Waals surface area contributed by atoms with Gasteiger partial charge in [0.15, 0.2) is 0 Å². The van der Waals surface area contributed by atoms with Crippen molar-refractivity contribution in [2.75, 3.05) is 15.1 Å². The second-order valence-electron chi connectivity index (χ2n) is 14.4. The number of nitrogens with zero attached hydrogens (tertiary/aromatic N) is 2. The van der Waals surface area contributed by atoms with E-state index in [0.717, 1.165) is 38.5 Å². The fourth-order valence-electron chi connectivity index (χ4n) is 5.85. The summed E-state index contributed by atoms with van der Waals surface area (Å²) in [5.41, 5.74) is 1.33. The molecule has 1 aliphatic carbocycles. The molecule has 0 radical (unpaired) electrons. The van der Waals surface area contributed by atoms with Crippen molar-refractivity contribution < 1.29 is 14.4 Å². The van der Waals surface area contributed by atoms with Crippen LogP contribution in [0.15, 0.2) is 18.2 Å². The summed E-state index contributed by atoms with van der Waals surface area (Å²) in [6, 6.07) is 5.72. The monoisotopic (exact) mass is 541 g/mol. The second kappa shape index (κ2) is 12.9. The molecule has 1 N–H and O–H groups in total. The molecule has 0 atom stereocenters. The lowest BCUT2D eigenvalue weighted by Gasteiger charge is -2.39. The molecule has 0 aromatic heterocycles. The Kier molecular flexibility index (Phi) is 10.8. The quantitative estimate of drug-likeness (QED) is 0.359. The van der Waals surface area contributed by atoms with Crippen LogP contribution in [0, 0.1) is 17.3 Å². The number of carbonyl (C=O) groups is 3. The predicted molar refractivity (Wildman–Crippen MR) is 164 cm³/mol. The van der Waals surface area contributed by atoms with Crippen molar-refractivity contribution in [3.05, 3.63) is 18.2 Å². The van der Waals surface area contributed by atoms with E-state index in [1.807, 2.05) is 83.4 Å². The minimum Gasteiger partial charge on any atom is -0.326 e. The molecule has 39 heavy (non-hydrogen) atoms. The smallest absolute Gasteiger partial charge is 0.227 e. The maximum atomic E-state index is 13.5. The third-order valence-corrected chi connectivity index (χ3v) is 7.78. The van der Waals surface area contributed by atoms with Gasteiger partial charge in [-0.05, 0) is 110 Å². The standard InChI is InChI=1S/C33H55N3O3/c1-12-14-28(37)35(32(6,7)8)26-20-25(21-27(22-26)36(33(9,10)11)29(38)15-13-2)34-30(39)23-16-18-24(19-17-23)31(3,4)5/h20-24H,12-19H2,1-11H3,(H,34,39)/t23-,24+. The molecule has 1 aromatic carbocycles. The van der Waals surface area contributed by atoms with E-state index in [4.69, 9.17) is 0 Å². The Morgan fingerprint density at radius 2 is 1.13 bits per heavy atom. The van der Waals surface area contributed by atoms with Gasteiger partial charge >= 0.3 is 0 Å². The van der Waals surface area contributed by atoms with Gasteiger partial charge in [0, 0.05) is 46.9 Å². The van der Waals surface area contributed by atoms with E-state index in [2.05, 4.69) is 26.1 Å². The summed E-state index contributed by atoms with van der Waals surface area (Å²) < 4.78 is 0. The lowest BCUT2D eigenvalue weighted by Crippen LogP contribution is -2.47. The van der Waals surface area contributed by atoms with Crippen LogP contribution >= 0.6 is 0 Å². The van der Waals surface area contributed by atoms with Gasteiger partial charge in [-0.25, -0.2) is 0 Å². The molecule has 2 rings (SSSR count). The zero-order valence-electron chi connectivity index (χ0n) is 26.7. The first-order chi connectivity index (χ1) is 17.9. The first-order valence-corrected chi connectivity index (χ1v) is 15.0.